The first kappa shape index (κ1) is 32.1. The Bertz CT molecular complexity index is 3540. The lowest BCUT2D eigenvalue weighted by Crippen LogP contribution is -1.79. The highest BCUT2D eigenvalue weighted by molar-refractivity contribution is 7.33. The van der Waals surface area contributed by atoms with Crippen LogP contribution in [0.1, 0.15) is 0 Å². The maximum absolute atomic E-state index is 6.29. The fraction of sp³-hybridized carbons (Fsp3) is 0. The third-order valence-electron chi connectivity index (χ3n) is 11.9. The van der Waals surface area contributed by atoms with Crippen molar-refractivity contribution in [3.05, 3.63) is 182 Å². The minimum absolute atomic E-state index is 0.911. The molecular formula is C54H30O2S2. The highest BCUT2D eigenvalue weighted by Gasteiger charge is 2.17. The molecule has 0 radical (unpaired) electrons. The summed E-state index contributed by atoms with van der Waals surface area (Å²) in [6.45, 7) is 0. The van der Waals surface area contributed by atoms with Gasteiger partial charge in [0.25, 0.3) is 0 Å². The van der Waals surface area contributed by atoms with Crippen LogP contribution in [-0.2, 0) is 0 Å². The number of benzene rings is 9. The summed E-state index contributed by atoms with van der Waals surface area (Å²) in [6.07, 6.45) is 0. The first-order valence-corrected chi connectivity index (χ1v) is 21.2. The SMILES string of the molecule is c1ccc(-c2ccc3oc4ccc(-c5ccc6sc7c(ccc8c9cc(-c%10ccc%11oc%12ccc(-c%13ccccc%13)cc%12c%11c%10)ccc9sc87)c6c5)cc4c3c2)cc1. The predicted molar refractivity (Wildman–Crippen MR) is 249 cm³/mol. The van der Waals surface area contributed by atoms with Gasteiger partial charge in [0.1, 0.15) is 22.3 Å². The number of fused-ring (bicyclic) bond motifs is 13. The van der Waals surface area contributed by atoms with Crippen molar-refractivity contribution in [2.24, 2.45) is 0 Å². The van der Waals surface area contributed by atoms with Gasteiger partial charge in [-0.3, -0.25) is 0 Å². The fourth-order valence-electron chi connectivity index (χ4n) is 8.96. The summed E-state index contributed by atoms with van der Waals surface area (Å²) < 4.78 is 17.9. The number of hydrogen-bond acceptors (Lipinski definition) is 4. The molecule has 9 aromatic carbocycles. The van der Waals surface area contributed by atoms with E-state index in [1.165, 1.54) is 84.9 Å². The number of rotatable bonds is 4. The van der Waals surface area contributed by atoms with E-state index in [1.807, 2.05) is 22.7 Å². The first-order valence-electron chi connectivity index (χ1n) is 19.5. The van der Waals surface area contributed by atoms with Gasteiger partial charge in [0.15, 0.2) is 0 Å². The Morgan fingerprint density at radius 1 is 0.241 bits per heavy atom. The van der Waals surface area contributed by atoms with E-state index in [0.29, 0.717) is 0 Å². The van der Waals surface area contributed by atoms with E-state index in [9.17, 15) is 0 Å². The molecule has 13 aromatic rings. The van der Waals surface area contributed by atoms with Crippen molar-refractivity contribution in [2.45, 2.75) is 0 Å². The Labute approximate surface area is 340 Å². The summed E-state index contributed by atoms with van der Waals surface area (Å²) in [5, 5.41) is 9.80. The van der Waals surface area contributed by atoms with Gasteiger partial charge in [0.2, 0.25) is 0 Å². The van der Waals surface area contributed by atoms with E-state index in [4.69, 9.17) is 8.83 Å². The van der Waals surface area contributed by atoms with Crippen LogP contribution in [-0.4, -0.2) is 0 Å². The van der Waals surface area contributed by atoms with Crippen LogP contribution in [0.2, 0.25) is 0 Å². The molecule has 0 spiro atoms. The van der Waals surface area contributed by atoms with Crippen LogP contribution in [0, 0.1) is 0 Å². The second-order valence-electron chi connectivity index (χ2n) is 15.2. The average molecular weight is 775 g/mol. The van der Waals surface area contributed by atoms with E-state index in [1.54, 1.807) is 0 Å². The van der Waals surface area contributed by atoms with Crippen LogP contribution in [0.15, 0.2) is 191 Å². The summed E-state index contributed by atoms with van der Waals surface area (Å²) in [7, 11) is 0. The predicted octanol–water partition coefficient (Wildman–Crippen LogP) is 16.9. The quantitative estimate of drug-likeness (QED) is 0.178. The molecule has 4 heteroatoms. The minimum Gasteiger partial charge on any atom is -0.456 e. The van der Waals surface area contributed by atoms with Crippen LogP contribution in [0.3, 0.4) is 0 Å². The van der Waals surface area contributed by atoms with Crippen molar-refractivity contribution < 1.29 is 8.83 Å². The van der Waals surface area contributed by atoms with Crippen molar-refractivity contribution in [1.29, 1.82) is 0 Å². The molecule has 2 nitrogen and oxygen atoms in total. The molecule has 0 saturated carbocycles. The lowest BCUT2D eigenvalue weighted by Gasteiger charge is -2.04. The molecule has 0 fully saturated rings. The summed E-state index contributed by atoms with van der Waals surface area (Å²) in [4.78, 5) is 0. The van der Waals surface area contributed by atoms with E-state index in [-0.39, 0.29) is 0 Å². The van der Waals surface area contributed by atoms with E-state index >= 15 is 0 Å². The van der Waals surface area contributed by atoms with Crippen molar-refractivity contribution in [3.8, 4) is 44.5 Å². The van der Waals surface area contributed by atoms with Crippen molar-refractivity contribution >= 4 is 107 Å². The Balaban J connectivity index is 0.892. The lowest BCUT2D eigenvalue weighted by atomic mass is 9.98. The van der Waals surface area contributed by atoms with Crippen molar-refractivity contribution in [2.75, 3.05) is 0 Å². The van der Waals surface area contributed by atoms with Crippen LogP contribution < -0.4 is 0 Å². The van der Waals surface area contributed by atoms with Crippen LogP contribution >= 0.6 is 22.7 Å². The molecular weight excluding hydrogens is 745 g/mol. The number of furan rings is 2. The number of hydrogen-bond donors (Lipinski definition) is 0. The van der Waals surface area contributed by atoms with Crippen LogP contribution in [0.5, 0.6) is 0 Å². The second kappa shape index (κ2) is 12.3. The molecule has 4 aromatic heterocycles. The van der Waals surface area contributed by atoms with Gasteiger partial charge in [-0.1, -0.05) is 109 Å². The largest absolute Gasteiger partial charge is 0.456 e. The molecule has 0 amide bonds. The van der Waals surface area contributed by atoms with E-state index in [0.717, 1.165) is 43.9 Å². The molecule has 13 rings (SSSR count). The second-order valence-corrected chi connectivity index (χ2v) is 17.3. The summed E-state index contributed by atoms with van der Waals surface area (Å²) in [6, 6.07) is 65.9. The fourth-order valence-corrected chi connectivity index (χ4v) is 11.5. The van der Waals surface area contributed by atoms with Crippen molar-refractivity contribution in [1.82, 2.24) is 0 Å². The molecule has 0 bridgehead atoms. The van der Waals surface area contributed by atoms with Crippen LogP contribution in [0.4, 0.5) is 0 Å². The molecule has 0 unspecified atom stereocenters. The molecule has 0 aliphatic heterocycles. The van der Waals surface area contributed by atoms with Gasteiger partial charge in [-0.2, -0.15) is 0 Å². The summed E-state index contributed by atoms with van der Waals surface area (Å²) >= 11 is 3.81. The summed E-state index contributed by atoms with van der Waals surface area (Å²) in [5.74, 6) is 0. The average Bonchev–Trinajstić information content (AvgIpc) is 4.05. The van der Waals surface area contributed by atoms with Gasteiger partial charge in [-0.25, -0.2) is 0 Å². The molecule has 0 N–H and O–H groups in total. The molecule has 0 atom stereocenters. The van der Waals surface area contributed by atoms with Gasteiger partial charge in [-0.05, 0) is 117 Å². The smallest absolute Gasteiger partial charge is 0.135 e. The topological polar surface area (TPSA) is 26.3 Å². The highest BCUT2D eigenvalue weighted by atomic mass is 32.1. The van der Waals surface area contributed by atoms with Gasteiger partial charge >= 0.3 is 0 Å². The highest BCUT2D eigenvalue weighted by Crippen LogP contribution is 2.46. The van der Waals surface area contributed by atoms with Crippen molar-refractivity contribution in [3.63, 3.8) is 0 Å². The van der Waals surface area contributed by atoms with E-state index in [2.05, 4.69) is 182 Å². The molecule has 4 heterocycles. The molecule has 0 aliphatic rings. The zero-order valence-corrected chi connectivity index (χ0v) is 32.6. The minimum atomic E-state index is 0.911. The molecule has 58 heavy (non-hydrogen) atoms. The third-order valence-corrected chi connectivity index (χ3v) is 14.4. The van der Waals surface area contributed by atoms with Crippen LogP contribution in [0.25, 0.3) is 129 Å². The third kappa shape index (κ3) is 4.89. The zero-order valence-electron chi connectivity index (χ0n) is 31.0. The zero-order chi connectivity index (χ0) is 37.9. The Kier molecular flexibility index (Phi) is 6.79. The Morgan fingerprint density at radius 2 is 0.552 bits per heavy atom. The Hall–Kier alpha value is -6.98. The number of thiophene rings is 2. The maximum atomic E-state index is 6.29. The van der Waals surface area contributed by atoms with E-state index < -0.39 is 0 Å². The summed E-state index contributed by atoms with van der Waals surface area (Å²) in [5.41, 5.74) is 13.2. The Morgan fingerprint density at radius 3 is 0.914 bits per heavy atom. The van der Waals surface area contributed by atoms with Gasteiger partial charge in [-0.15, -0.1) is 22.7 Å². The molecule has 0 saturated heterocycles. The standard InChI is InChI=1S/C54H30O2S2/c1-3-7-31(8-4-1)33-11-19-47-41(25-33)43-27-35(13-21-49(43)55-47)37-15-23-51-45(29-37)39-17-18-40-46-30-38(16-24-52(46)58-54(40)53(39)57-51)36-14-22-50-44(28-36)42-26-34(12-20-48(42)56-50)32-9-5-2-6-10-32/h1-30H. The van der Waals surface area contributed by atoms with Gasteiger partial charge < -0.3 is 8.83 Å². The maximum Gasteiger partial charge on any atom is 0.135 e. The normalized spacial score (nSPS) is 12.1. The monoisotopic (exact) mass is 774 g/mol. The molecule has 270 valence electrons. The van der Waals surface area contributed by atoms with Gasteiger partial charge in [0.05, 0.1) is 9.40 Å². The molecule has 0 aliphatic carbocycles. The lowest BCUT2D eigenvalue weighted by molar-refractivity contribution is 0.668. The van der Waals surface area contributed by atoms with Gasteiger partial charge in [0, 0.05) is 52.5 Å². The first-order chi connectivity index (χ1) is 28.7.